The third-order valence-corrected chi connectivity index (χ3v) is 2.75. The molecule has 2 aromatic rings. The van der Waals surface area contributed by atoms with Gasteiger partial charge in [0, 0.05) is 12.6 Å². The van der Waals surface area contributed by atoms with Crippen molar-refractivity contribution < 1.29 is 14.1 Å². The lowest BCUT2D eigenvalue weighted by atomic mass is 10.2. The van der Waals surface area contributed by atoms with E-state index in [1.807, 2.05) is 12.1 Å². The number of hydrogen-bond donors (Lipinski definition) is 1. The third kappa shape index (κ3) is 3.30. The summed E-state index contributed by atoms with van der Waals surface area (Å²) in [6.07, 6.45) is 0. The molecule has 0 atom stereocenters. The lowest BCUT2D eigenvalue weighted by Gasteiger charge is -2.07. The van der Waals surface area contributed by atoms with E-state index in [-0.39, 0.29) is 6.61 Å². The van der Waals surface area contributed by atoms with Gasteiger partial charge >= 0.3 is 5.69 Å². The number of nitro benzene ring substituents is 1. The Morgan fingerprint density at radius 3 is 2.65 bits per heavy atom. The molecule has 0 aliphatic rings. The molecule has 2 rings (SSSR count). The predicted molar refractivity (Wildman–Crippen MR) is 71.7 cm³/mol. The molecule has 6 heteroatoms. The highest BCUT2D eigenvalue weighted by Crippen LogP contribution is 2.20. The molecule has 2 N–H and O–H groups in total. The molecule has 0 radical (unpaired) electrons. The van der Waals surface area contributed by atoms with Crippen LogP contribution in [-0.2, 0) is 13.2 Å². The Hall–Kier alpha value is -2.47. The summed E-state index contributed by atoms with van der Waals surface area (Å²) in [5.41, 5.74) is 6.43. The summed E-state index contributed by atoms with van der Waals surface area (Å²) in [5.74, 6) is -0.251. The van der Waals surface area contributed by atoms with Gasteiger partial charge in [0.2, 0.25) is 5.82 Å². The highest BCUT2D eigenvalue weighted by Gasteiger charge is 2.13. The van der Waals surface area contributed by atoms with Gasteiger partial charge in [-0.2, -0.15) is 4.39 Å². The highest BCUT2D eigenvalue weighted by atomic mass is 19.1. The minimum absolute atomic E-state index is 0.128. The van der Waals surface area contributed by atoms with Crippen molar-refractivity contribution in [2.45, 2.75) is 13.2 Å². The summed E-state index contributed by atoms with van der Waals surface area (Å²) in [6, 6.07) is 10.9. The number of rotatable bonds is 5. The quantitative estimate of drug-likeness (QED) is 0.672. The average molecular weight is 276 g/mol. The molecule has 0 saturated heterocycles. The molecule has 0 amide bonds. The maximum absolute atomic E-state index is 13.4. The number of ether oxygens (including phenoxy) is 1. The largest absolute Gasteiger partial charge is 0.489 e. The van der Waals surface area contributed by atoms with Crippen LogP contribution < -0.4 is 10.5 Å². The van der Waals surface area contributed by atoms with Crippen molar-refractivity contribution in [3.05, 3.63) is 69.5 Å². The third-order valence-electron chi connectivity index (χ3n) is 2.75. The van der Waals surface area contributed by atoms with Gasteiger partial charge in [0.25, 0.3) is 0 Å². The number of nitro groups is 1. The van der Waals surface area contributed by atoms with Gasteiger partial charge in [-0.1, -0.05) is 12.1 Å². The van der Waals surface area contributed by atoms with Gasteiger partial charge < -0.3 is 10.5 Å². The normalized spacial score (nSPS) is 10.3. The van der Waals surface area contributed by atoms with Gasteiger partial charge in [-0.3, -0.25) is 10.1 Å². The Bertz CT molecular complexity index is 632. The molecule has 0 spiro atoms. The first kappa shape index (κ1) is 14.0. The summed E-state index contributed by atoms with van der Waals surface area (Å²) >= 11 is 0. The first-order chi connectivity index (χ1) is 9.60. The van der Waals surface area contributed by atoms with Gasteiger partial charge in [0.05, 0.1) is 4.92 Å². The molecule has 0 heterocycles. The van der Waals surface area contributed by atoms with E-state index in [9.17, 15) is 14.5 Å². The molecule has 5 nitrogen and oxygen atoms in total. The second kappa shape index (κ2) is 6.12. The second-order valence-electron chi connectivity index (χ2n) is 4.18. The fraction of sp³-hybridized carbons (Fsp3) is 0.143. The van der Waals surface area contributed by atoms with Crippen LogP contribution in [0.4, 0.5) is 10.1 Å². The van der Waals surface area contributed by atoms with Crippen LogP contribution in [0.1, 0.15) is 11.1 Å². The van der Waals surface area contributed by atoms with Crippen LogP contribution in [0.5, 0.6) is 5.75 Å². The van der Waals surface area contributed by atoms with Gasteiger partial charge in [-0.05, 0) is 35.4 Å². The number of hydrogen-bond acceptors (Lipinski definition) is 4. The Kier molecular flexibility index (Phi) is 4.27. The maximum Gasteiger partial charge on any atom is 0.304 e. The van der Waals surface area contributed by atoms with E-state index in [2.05, 4.69) is 0 Å². The van der Waals surface area contributed by atoms with Crippen molar-refractivity contribution in [3.63, 3.8) is 0 Å². The monoisotopic (exact) mass is 276 g/mol. The van der Waals surface area contributed by atoms with Crippen molar-refractivity contribution in [2.24, 2.45) is 5.73 Å². The molecular weight excluding hydrogens is 263 g/mol. The molecule has 0 aliphatic heterocycles. The van der Waals surface area contributed by atoms with E-state index in [1.54, 1.807) is 12.1 Å². The molecule has 104 valence electrons. The number of benzene rings is 2. The van der Waals surface area contributed by atoms with Gasteiger partial charge in [-0.25, -0.2) is 0 Å². The highest BCUT2D eigenvalue weighted by molar-refractivity contribution is 5.35. The van der Waals surface area contributed by atoms with Gasteiger partial charge in [0.15, 0.2) is 0 Å². The summed E-state index contributed by atoms with van der Waals surface area (Å²) in [5, 5.41) is 10.5. The van der Waals surface area contributed by atoms with E-state index in [1.165, 1.54) is 6.07 Å². The zero-order valence-corrected chi connectivity index (χ0v) is 10.6. The smallest absolute Gasteiger partial charge is 0.304 e. The molecule has 0 aromatic heterocycles. The van der Waals surface area contributed by atoms with Crippen molar-refractivity contribution in [1.82, 2.24) is 0 Å². The maximum atomic E-state index is 13.4. The summed E-state index contributed by atoms with van der Waals surface area (Å²) in [6.45, 7) is 0.534. The van der Waals surface area contributed by atoms with Crippen molar-refractivity contribution >= 4 is 5.69 Å². The predicted octanol–water partition coefficient (Wildman–Crippen LogP) is 2.77. The lowest BCUT2D eigenvalue weighted by molar-refractivity contribution is -0.387. The van der Waals surface area contributed by atoms with E-state index in [0.717, 1.165) is 17.7 Å². The van der Waals surface area contributed by atoms with Crippen LogP contribution in [0, 0.1) is 15.9 Å². The first-order valence-electron chi connectivity index (χ1n) is 5.95. The number of nitrogens with two attached hydrogens (primary N) is 1. The molecular formula is C14H13FN2O3. The number of halogens is 1. The summed E-state index contributed by atoms with van der Waals surface area (Å²) < 4.78 is 18.9. The first-order valence-corrected chi connectivity index (χ1v) is 5.95. The van der Waals surface area contributed by atoms with Crippen molar-refractivity contribution in [3.8, 4) is 5.75 Å². The average Bonchev–Trinajstić information content (AvgIpc) is 2.45. The zero-order chi connectivity index (χ0) is 14.5. The van der Waals surface area contributed by atoms with Crippen LogP contribution in [0.25, 0.3) is 0 Å². The van der Waals surface area contributed by atoms with Crippen LogP contribution in [0.2, 0.25) is 0 Å². The Balaban J connectivity index is 2.07. The zero-order valence-electron chi connectivity index (χ0n) is 10.6. The SMILES string of the molecule is NCc1cccc(OCc2ccc([N+](=O)[O-])c(F)c2)c1. The second-order valence-corrected chi connectivity index (χ2v) is 4.18. The topological polar surface area (TPSA) is 78.4 Å². The van der Waals surface area contributed by atoms with Crippen molar-refractivity contribution in [2.75, 3.05) is 0 Å². The minimum Gasteiger partial charge on any atom is -0.489 e. The van der Waals surface area contributed by atoms with Gasteiger partial charge in [0.1, 0.15) is 12.4 Å². The molecule has 2 aromatic carbocycles. The van der Waals surface area contributed by atoms with Crippen LogP contribution in [0.15, 0.2) is 42.5 Å². The van der Waals surface area contributed by atoms with Crippen LogP contribution in [0.3, 0.4) is 0 Å². The fourth-order valence-corrected chi connectivity index (χ4v) is 1.72. The molecule has 0 aliphatic carbocycles. The van der Waals surface area contributed by atoms with Gasteiger partial charge in [-0.15, -0.1) is 0 Å². The van der Waals surface area contributed by atoms with E-state index < -0.39 is 16.4 Å². The van der Waals surface area contributed by atoms with E-state index in [0.29, 0.717) is 17.9 Å². The lowest BCUT2D eigenvalue weighted by Crippen LogP contribution is -2.00. The molecule has 0 unspecified atom stereocenters. The molecule has 0 saturated carbocycles. The minimum atomic E-state index is -0.869. The van der Waals surface area contributed by atoms with E-state index >= 15 is 0 Å². The van der Waals surface area contributed by atoms with Crippen LogP contribution >= 0.6 is 0 Å². The number of nitrogens with zero attached hydrogens (tertiary/aromatic N) is 1. The Morgan fingerprint density at radius 1 is 1.20 bits per heavy atom. The molecule has 20 heavy (non-hydrogen) atoms. The summed E-state index contributed by atoms with van der Waals surface area (Å²) in [7, 11) is 0. The molecule has 0 fully saturated rings. The standard InChI is InChI=1S/C14H13FN2O3/c15-13-7-11(4-5-14(13)17(18)19)9-20-12-3-1-2-10(6-12)8-16/h1-7H,8-9,16H2. The van der Waals surface area contributed by atoms with E-state index in [4.69, 9.17) is 10.5 Å². The summed E-state index contributed by atoms with van der Waals surface area (Å²) in [4.78, 5) is 9.75. The molecule has 0 bridgehead atoms. The Morgan fingerprint density at radius 2 is 2.00 bits per heavy atom. The van der Waals surface area contributed by atoms with Crippen molar-refractivity contribution in [1.29, 1.82) is 0 Å². The Labute approximate surface area is 114 Å². The fourth-order valence-electron chi connectivity index (χ4n) is 1.72. The van der Waals surface area contributed by atoms with Crippen LogP contribution in [-0.4, -0.2) is 4.92 Å².